The fraction of sp³-hybridized carbons (Fsp3) is 0.706. The van der Waals surface area contributed by atoms with E-state index in [0.717, 1.165) is 23.1 Å². The van der Waals surface area contributed by atoms with E-state index < -0.39 is 0 Å². The molecule has 4 aliphatic rings. The third-order valence-corrected chi connectivity index (χ3v) is 6.52. The van der Waals surface area contributed by atoms with Gasteiger partial charge in [-0.3, -0.25) is 0 Å². The molecule has 1 aliphatic heterocycles. The monoisotopic (exact) mass is 300 g/mol. The Kier molecular flexibility index (Phi) is 2.82. The van der Waals surface area contributed by atoms with Crippen molar-refractivity contribution < 1.29 is 9.31 Å². The van der Waals surface area contributed by atoms with Crippen LogP contribution in [0.2, 0.25) is 0 Å². The Labute approximate surface area is 133 Å². The molecule has 0 radical (unpaired) electrons. The molecule has 1 aromatic rings. The number of nitrogens with zero attached hydrogens (tertiary/aromatic N) is 1. The summed E-state index contributed by atoms with van der Waals surface area (Å²) >= 11 is 0. The largest absolute Gasteiger partial charge is 0.496 e. The van der Waals surface area contributed by atoms with Gasteiger partial charge in [-0.05, 0) is 58.4 Å². The standard InChI is InChI=1S/C17H25BN2O2/c1-11-12-8-17(11,9-12)20-14-7-6-13(10-19-14)18-21-15(2,3)16(4,5)22-18/h6-7,10-12H,8-9H2,1-5H3,(H,19,20)/t11-,12?,17?/m1/s1. The highest BCUT2D eigenvalue weighted by Crippen LogP contribution is 2.62. The van der Waals surface area contributed by atoms with E-state index in [0.29, 0.717) is 5.54 Å². The van der Waals surface area contributed by atoms with Crippen molar-refractivity contribution >= 4 is 18.4 Å². The van der Waals surface area contributed by atoms with Crippen LogP contribution in [0.1, 0.15) is 47.5 Å². The molecule has 5 heteroatoms. The summed E-state index contributed by atoms with van der Waals surface area (Å²) in [4.78, 5) is 4.57. The Morgan fingerprint density at radius 1 is 1.14 bits per heavy atom. The summed E-state index contributed by atoms with van der Waals surface area (Å²) in [6.07, 6.45) is 4.48. The summed E-state index contributed by atoms with van der Waals surface area (Å²) < 4.78 is 12.1. The Hall–Kier alpha value is -1.07. The first-order valence-electron chi connectivity index (χ1n) is 8.32. The Bertz CT molecular complexity index is 577. The van der Waals surface area contributed by atoms with E-state index in [2.05, 4.69) is 51.0 Å². The number of pyridine rings is 1. The number of anilines is 1. The van der Waals surface area contributed by atoms with Crippen LogP contribution in [-0.4, -0.2) is 28.8 Å². The number of rotatable bonds is 3. The summed E-state index contributed by atoms with van der Waals surface area (Å²) in [6, 6.07) is 4.11. The molecule has 3 aliphatic carbocycles. The van der Waals surface area contributed by atoms with E-state index in [-0.39, 0.29) is 18.3 Å². The van der Waals surface area contributed by atoms with E-state index in [4.69, 9.17) is 9.31 Å². The molecule has 2 heterocycles. The summed E-state index contributed by atoms with van der Waals surface area (Å²) in [7, 11) is -0.333. The van der Waals surface area contributed by atoms with Crippen molar-refractivity contribution in [3.05, 3.63) is 18.3 Å². The highest BCUT2D eigenvalue weighted by atomic mass is 16.7. The predicted molar refractivity (Wildman–Crippen MR) is 88.2 cm³/mol. The first-order valence-corrected chi connectivity index (χ1v) is 8.32. The first-order chi connectivity index (χ1) is 10.2. The molecule has 0 unspecified atom stereocenters. The second kappa shape index (κ2) is 4.27. The first kappa shape index (κ1) is 14.5. The van der Waals surface area contributed by atoms with Crippen LogP contribution in [0.15, 0.2) is 18.3 Å². The summed E-state index contributed by atoms with van der Waals surface area (Å²) in [5.74, 6) is 2.69. The van der Waals surface area contributed by atoms with Crippen LogP contribution in [-0.2, 0) is 9.31 Å². The van der Waals surface area contributed by atoms with Crippen LogP contribution in [0.3, 0.4) is 0 Å². The average Bonchev–Trinajstić information content (AvgIpc) is 2.64. The van der Waals surface area contributed by atoms with Crippen LogP contribution >= 0.6 is 0 Å². The van der Waals surface area contributed by atoms with Gasteiger partial charge in [-0.1, -0.05) is 13.0 Å². The number of aromatic nitrogens is 1. The van der Waals surface area contributed by atoms with Gasteiger partial charge in [0.25, 0.3) is 0 Å². The van der Waals surface area contributed by atoms with Crippen molar-refractivity contribution in [2.75, 3.05) is 5.32 Å². The molecule has 0 spiro atoms. The molecule has 3 saturated carbocycles. The third-order valence-electron chi connectivity index (χ3n) is 6.52. The molecule has 1 N–H and O–H groups in total. The van der Waals surface area contributed by atoms with Gasteiger partial charge in [0.05, 0.1) is 11.2 Å². The average molecular weight is 300 g/mol. The second-order valence-corrected chi connectivity index (χ2v) is 8.30. The summed E-state index contributed by atoms with van der Waals surface area (Å²) in [5, 5.41) is 3.63. The van der Waals surface area contributed by atoms with Crippen molar-refractivity contribution in [1.82, 2.24) is 4.98 Å². The predicted octanol–water partition coefficient (Wildman–Crippen LogP) is 2.59. The zero-order valence-electron chi connectivity index (χ0n) is 14.1. The lowest BCUT2D eigenvalue weighted by Crippen LogP contribution is -2.70. The zero-order valence-corrected chi connectivity index (χ0v) is 14.1. The maximum atomic E-state index is 6.07. The molecule has 1 atom stereocenters. The molecule has 1 saturated heterocycles. The van der Waals surface area contributed by atoms with Gasteiger partial charge in [0.2, 0.25) is 0 Å². The Morgan fingerprint density at radius 2 is 1.77 bits per heavy atom. The van der Waals surface area contributed by atoms with Crippen molar-refractivity contribution in [2.45, 2.75) is 64.2 Å². The van der Waals surface area contributed by atoms with Crippen LogP contribution in [0.4, 0.5) is 5.82 Å². The van der Waals surface area contributed by atoms with E-state index in [1.807, 2.05) is 12.3 Å². The van der Waals surface area contributed by atoms with Gasteiger partial charge >= 0.3 is 7.12 Å². The van der Waals surface area contributed by atoms with Crippen LogP contribution in [0.25, 0.3) is 0 Å². The van der Waals surface area contributed by atoms with Gasteiger partial charge in [0.15, 0.2) is 0 Å². The van der Waals surface area contributed by atoms with Crippen LogP contribution < -0.4 is 10.8 Å². The molecule has 118 valence electrons. The lowest BCUT2D eigenvalue weighted by molar-refractivity contribution is -0.0811. The third kappa shape index (κ3) is 1.88. The molecular formula is C17H25BN2O2. The zero-order chi connectivity index (χ0) is 15.8. The quantitative estimate of drug-likeness (QED) is 0.871. The van der Waals surface area contributed by atoms with Crippen molar-refractivity contribution in [1.29, 1.82) is 0 Å². The topological polar surface area (TPSA) is 43.4 Å². The fourth-order valence-corrected chi connectivity index (χ4v) is 3.80. The summed E-state index contributed by atoms with van der Waals surface area (Å²) in [5.41, 5.74) is 0.685. The minimum atomic E-state index is -0.333. The van der Waals surface area contributed by atoms with E-state index in [1.165, 1.54) is 12.8 Å². The normalized spacial score (nSPS) is 37.4. The number of nitrogens with one attached hydrogen (secondary N) is 1. The van der Waals surface area contributed by atoms with E-state index >= 15 is 0 Å². The SMILES string of the molecule is C[C@@H]1C2CC1(Nc1ccc(B3OC(C)(C)C(C)(C)O3)cn1)C2. The van der Waals surface area contributed by atoms with Gasteiger partial charge in [0, 0.05) is 17.2 Å². The fourth-order valence-electron chi connectivity index (χ4n) is 3.80. The summed E-state index contributed by atoms with van der Waals surface area (Å²) in [6.45, 7) is 10.6. The molecule has 22 heavy (non-hydrogen) atoms. The molecule has 0 aromatic carbocycles. The lowest BCUT2D eigenvalue weighted by Gasteiger charge is -2.67. The molecule has 0 amide bonds. The highest BCUT2D eigenvalue weighted by molar-refractivity contribution is 6.62. The van der Waals surface area contributed by atoms with Gasteiger partial charge in [-0.25, -0.2) is 4.98 Å². The number of hydrogen-bond acceptors (Lipinski definition) is 4. The van der Waals surface area contributed by atoms with Crippen molar-refractivity contribution in [2.24, 2.45) is 11.8 Å². The van der Waals surface area contributed by atoms with Crippen molar-refractivity contribution in [3.8, 4) is 0 Å². The minimum Gasteiger partial charge on any atom is -0.399 e. The minimum absolute atomic E-state index is 0.310. The molecule has 5 rings (SSSR count). The van der Waals surface area contributed by atoms with Gasteiger partial charge < -0.3 is 14.6 Å². The van der Waals surface area contributed by atoms with Crippen LogP contribution in [0.5, 0.6) is 0 Å². The Morgan fingerprint density at radius 3 is 2.18 bits per heavy atom. The second-order valence-electron chi connectivity index (χ2n) is 8.30. The van der Waals surface area contributed by atoms with Crippen LogP contribution in [0, 0.1) is 11.8 Å². The maximum absolute atomic E-state index is 6.07. The molecule has 2 bridgehead atoms. The molecular weight excluding hydrogens is 275 g/mol. The van der Waals surface area contributed by atoms with Gasteiger partial charge in [0.1, 0.15) is 5.82 Å². The molecule has 1 aromatic heterocycles. The maximum Gasteiger partial charge on any atom is 0.496 e. The highest BCUT2D eigenvalue weighted by Gasteiger charge is 2.63. The number of hydrogen-bond donors (Lipinski definition) is 1. The van der Waals surface area contributed by atoms with Gasteiger partial charge in [-0.15, -0.1) is 0 Å². The smallest absolute Gasteiger partial charge is 0.399 e. The van der Waals surface area contributed by atoms with Gasteiger partial charge in [-0.2, -0.15) is 0 Å². The van der Waals surface area contributed by atoms with E-state index in [1.54, 1.807) is 0 Å². The van der Waals surface area contributed by atoms with Crippen molar-refractivity contribution in [3.63, 3.8) is 0 Å². The van der Waals surface area contributed by atoms with E-state index in [9.17, 15) is 0 Å². The Balaban J connectivity index is 1.46. The molecule has 4 fully saturated rings. The lowest BCUT2D eigenvalue weighted by atomic mass is 9.43. The molecule has 4 nitrogen and oxygen atoms in total.